The second kappa shape index (κ2) is 6.82. The Morgan fingerprint density at radius 1 is 1.13 bits per heavy atom. The monoisotopic (exact) mass is 353 g/mol. The van der Waals surface area contributed by atoms with Gasteiger partial charge < -0.3 is 9.64 Å². The van der Waals surface area contributed by atoms with Crippen LogP contribution < -0.4 is 4.90 Å². The van der Waals surface area contributed by atoms with Crippen molar-refractivity contribution in [2.45, 2.75) is 10.6 Å². The van der Waals surface area contributed by atoms with Gasteiger partial charge in [-0.2, -0.15) is 0 Å². The molecule has 23 heavy (non-hydrogen) atoms. The largest absolute Gasteiger partial charge is 0.378 e. The average Bonchev–Trinajstić information content (AvgIpc) is 2.55. The maximum absolute atomic E-state index is 12.5. The van der Waals surface area contributed by atoms with Crippen LogP contribution in [0.3, 0.4) is 0 Å². The molecule has 1 aromatic carbocycles. The summed E-state index contributed by atoms with van der Waals surface area (Å²) < 4.78 is 30.2. The molecule has 1 aliphatic heterocycles. The normalized spacial score (nSPS) is 15.6. The van der Waals surface area contributed by atoms with E-state index in [1.807, 2.05) is 4.90 Å². The number of benzene rings is 1. The molecule has 0 unspecified atom stereocenters. The Morgan fingerprint density at radius 3 is 2.52 bits per heavy atom. The summed E-state index contributed by atoms with van der Waals surface area (Å²) in [5.41, 5.74) is 0.385. The summed E-state index contributed by atoms with van der Waals surface area (Å²) in [6, 6.07) is 9.98. The molecule has 2 aromatic rings. The molecule has 0 spiro atoms. The third-order valence-corrected chi connectivity index (χ3v) is 5.35. The Hall–Kier alpha value is -1.70. The summed E-state index contributed by atoms with van der Waals surface area (Å²) in [6.07, 6.45) is 0. The van der Waals surface area contributed by atoms with Crippen LogP contribution in [0.2, 0.25) is 5.28 Å². The summed E-state index contributed by atoms with van der Waals surface area (Å²) in [5, 5.41) is 0.0484. The minimum atomic E-state index is -3.47. The molecule has 1 fully saturated rings. The second-order valence-corrected chi connectivity index (χ2v) is 7.49. The van der Waals surface area contributed by atoms with Crippen LogP contribution in [0, 0.1) is 0 Å². The highest BCUT2D eigenvalue weighted by Gasteiger charge is 2.19. The lowest BCUT2D eigenvalue weighted by Gasteiger charge is -2.28. The molecule has 8 heteroatoms. The zero-order chi connectivity index (χ0) is 16.3. The molecule has 6 nitrogen and oxygen atoms in total. The van der Waals surface area contributed by atoms with Crippen molar-refractivity contribution < 1.29 is 13.2 Å². The van der Waals surface area contributed by atoms with Crippen molar-refractivity contribution in [1.82, 2.24) is 9.97 Å². The molecule has 0 atom stereocenters. The first kappa shape index (κ1) is 16.2. The predicted octanol–water partition coefficient (Wildman–Crippen LogP) is 1.94. The number of hydrogen-bond donors (Lipinski definition) is 0. The number of morpholine rings is 1. The fraction of sp³-hybridized carbons (Fsp3) is 0.333. The van der Waals surface area contributed by atoms with Crippen molar-refractivity contribution >= 4 is 27.3 Å². The molecule has 122 valence electrons. The van der Waals surface area contributed by atoms with Gasteiger partial charge in [0.25, 0.3) is 0 Å². The smallest absolute Gasteiger partial charge is 0.224 e. The minimum Gasteiger partial charge on any atom is -0.378 e. The number of anilines is 1. The van der Waals surface area contributed by atoms with Crippen LogP contribution in [0.25, 0.3) is 0 Å². The van der Waals surface area contributed by atoms with Crippen molar-refractivity contribution in [3.63, 3.8) is 0 Å². The maximum atomic E-state index is 12.5. The minimum absolute atomic E-state index is 0.0484. The van der Waals surface area contributed by atoms with E-state index in [1.54, 1.807) is 36.4 Å². The Bertz CT molecular complexity index is 778. The highest BCUT2D eigenvalue weighted by Crippen LogP contribution is 2.20. The van der Waals surface area contributed by atoms with Gasteiger partial charge in [0.2, 0.25) is 5.28 Å². The van der Waals surface area contributed by atoms with E-state index in [9.17, 15) is 8.42 Å². The Morgan fingerprint density at radius 2 is 1.83 bits per heavy atom. The van der Waals surface area contributed by atoms with E-state index < -0.39 is 9.84 Å². The number of rotatable bonds is 4. The summed E-state index contributed by atoms with van der Waals surface area (Å²) in [6.45, 7) is 2.61. The third kappa shape index (κ3) is 3.99. The fourth-order valence-corrected chi connectivity index (χ4v) is 3.86. The van der Waals surface area contributed by atoms with Gasteiger partial charge in [-0.1, -0.05) is 18.2 Å². The number of ether oxygens (including phenoxy) is 1. The highest BCUT2D eigenvalue weighted by atomic mass is 35.5. The summed E-state index contributed by atoms with van der Waals surface area (Å²) in [7, 11) is -3.47. The number of hydrogen-bond acceptors (Lipinski definition) is 6. The first-order valence-corrected chi connectivity index (χ1v) is 9.21. The van der Waals surface area contributed by atoms with Crippen molar-refractivity contribution in [2.24, 2.45) is 0 Å². The topological polar surface area (TPSA) is 72.4 Å². The van der Waals surface area contributed by atoms with Gasteiger partial charge >= 0.3 is 0 Å². The van der Waals surface area contributed by atoms with Gasteiger partial charge in [0, 0.05) is 19.2 Å². The van der Waals surface area contributed by atoms with Crippen molar-refractivity contribution in [3.05, 3.63) is 47.4 Å². The molecule has 0 N–H and O–H groups in total. The van der Waals surface area contributed by atoms with Crippen LogP contribution in [0.1, 0.15) is 5.69 Å². The van der Waals surface area contributed by atoms with E-state index in [2.05, 4.69) is 9.97 Å². The van der Waals surface area contributed by atoms with E-state index in [-0.39, 0.29) is 15.9 Å². The second-order valence-electron chi connectivity index (χ2n) is 5.16. The molecule has 0 saturated carbocycles. The first-order valence-electron chi connectivity index (χ1n) is 7.18. The average molecular weight is 354 g/mol. The van der Waals surface area contributed by atoms with Gasteiger partial charge in [0.05, 0.1) is 29.6 Å². The van der Waals surface area contributed by atoms with E-state index >= 15 is 0 Å². The van der Waals surface area contributed by atoms with Crippen LogP contribution in [-0.2, 0) is 20.3 Å². The van der Waals surface area contributed by atoms with E-state index in [1.165, 1.54) is 0 Å². The quantitative estimate of drug-likeness (QED) is 0.782. The molecule has 0 bridgehead atoms. The van der Waals surface area contributed by atoms with Crippen LogP contribution in [0.4, 0.5) is 5.82 Å². The lowest BCUT2D eigenvalue weighted by Crippen LogP contribution is -2.36. The van der Waals surface area contributed by atoms with E-state index in [0.717, 1.165) is 0 Å². The molecule has 0 aliphatic carbocycles. The van der Waals surface area contributed by atoms with Crippen LogP contribution in [0.15, 0.2) is 41.3 Å². The highest BCUT2D eigenvalue weighted by molar-refractivity contribution is 7.90. The Labute approximate surface area is 140 Å². The SMILES string of the molecule is O=S(=O)(Cc1cc(N2CCOCC2)nc(Cl)n1)c1ccccc1. The summed E-state index contributed by atoms with van der Waals surface area (Å²) in [4.78, 5) is 10.5. The van der Waals surface area contributed by atoms with Gasteiger partial charge in [-0.3, -0.25) is 0 Å². The summed E-state index contributed by atoms with van der Waals surface area (Å²) in [5.74, 6) is 0.419. The number of sulfone groups is 1. The standard InChI is InChI=1S/C15H16ClN3O3S/c16-15-17-12(10-14(18-15)19-6-8-22-9-7-19)11-23(20,21)13-4-2-1-3-5-13/h1-5,10H,6-9,11H2. The maximum Gasteiger partial charge on any atom is 0.224 e. The molecule has 1 saturated heterocycles. The van der Waals surface area contributed by atoms with Crippen LogP contribution in [0.5, 0.6) is 0 Å². The zero-order valence-electron chi connectivity index (χ0n) is 12.4. The molecule has 2 heterocycles. The van der Waals surface area contributed by atoms with Crippen LogP contribution in [-0.4, -0.2) is 44.7 Å². The third-order valence-electron chi connectivity index (χ3n) is 3.51. The fourth-order valence-electron chi connectivity index (χ4n) is 2.39. The number of halogens is 1. The number of nitrogens with zero attached hydrogens (tertiary/aromatic N) is 3. The van der Waals surface area contributed by atoms with Crippen molar-refractivity contribution in [1.29, 1.82) is 0 Å². The molecule has 3 rings (SSSR count). The van der Waals surface area contributed by atoms with E-state index in [4.69, 9.17) is 16.3 Å². The zero-order valence-corrected chi connectivity index (χ0v) is 13.9. The molecule has 1 aliphatic rings. The lowest BCUT2D eigenvalue weighted by atomic mass is 10.3. The predicted molar refractivity (Wildman–Crippen MR) is 87.4 cm³/mol. The van der Waals surface area contributed by atoms with Gasteiger partial charge in [-0.25, -0.2) is 18.4 Å². The Kier molecular flexibility index (Phi) is 4.79. The van der Waals surface area contributed by atoms with Crippen LogP contribution >= 0.6 is 11.6 Å². The molecule has 0 amide bonds. The molecular weight excluding hydrogens is 338 g/mol. The lowest BCUT2D eigenvalue weighted by molar-refractivity contribution is 0.122. The number of aromatic nitrogens is 2. The first-order chi connectivity index (χ1) is 11.0. The van der Waals surface area contributed by atoms with Crippen molar-refractivity contribution in [2.75, 3.05) is 31.2 Å². The van der Waals surface area contributed by atoms with Gasteiger partial charge in [0.15, 0.2) is 9.84 Å². The van der Waals surface area contributed by atoms with E-state index in [0.29, 0.717) is 37.8 Å². The molecule has 0 radical (unpaired) electrons. The van der Waals surface area contributed by atoms with Gasteiger partial charge in [0.1, 0.15) is 5.82 Å². The molecular formula is C15H16ClN3O3S. The van der Waals surface area contributed by atoms with Gasteiger partial charge in [-0.05, 0) is 23.7 Å². The summed E-state index contributed by atoms with van der Waals surface area (Å²) >= 11 is 5.97. The van der Waals surface area contributed by atoms with Crippen molar-refractivity contribution in [3.8, 4) is 0 Å². The van der Waals surface area contributed by atoms with Gasteiger partial charge in [-0.15, -0.1) is 0 Å². The Balaban J connectivity index is 1.87. The molecule has 1 aromatic heterocycles.